The molecule has 2 aromatic rings. The Morgan fingerprint density at radius 2 is 1.97 bits per heavy atom. The summed E-state index contributed by atoms with van der Waals surface area (Å²) in [5, 5.41) is 12.6. The number of carbonyl (C=O) groups is 1. The van der Waals surface area contributed by atoms with Crippen LogP contribution < -0.4 is 5.32 Å². The smallest absolute Gasteiger partial charge is 0.252 e. The fourth-order valence-electron chi connectivity index (χ4n) is 5.20. The highest BCUT2D eigenvalue weighted by Gasteiger charge is 2.46. The van der Waals surface area contributed by atoms with E-state index in [1.54, 1.807) is 24.4 Å². The van der Waals surface area contributed by atoms with Gasteiger partial charge in [-0.15, -0.1) is 0 Å². The van der Waals surface area contributed by atoms with Crippen LogP contribution in [-0.2, 0) is 16.1 Å². The first-order chi connectivity index (χ1) is 15.9. The van der Waals surface area contributed by atoms with Gasteiger partial charge in [-0.3, -0.25) is 14.7 Å². The van der Waals surface area contributed by atoms with E-state index >= 15 is 0 Å². The largest absolute Gasteiger partial charge is 0.506 e. The lowest BCUT2D eigenvalue weighted by molar-refractivity contribution is -0.170. The molecule has 4 rings (SSSR count). The van der Waals surface area contributed by atoms with Crippen LogP contribution in [0.1, 0.15) is 56.6 Å². The highest BCUT2D eigenvalue weighted by Crippen LogP contribution is 2.36. The van der Waals surface area contributed by atoms with Crippen LogP contribution in [0.25, 0.3) is 0 Å². The van der Waals surface area contributed by atoms with Crippen LogP contribution in [0.5, 0.6) is 5.75 Å². The minimum atomic E-state index is -0.840. The van der Waals surface area contributed by atoms with Gasteiger partial charge in [0.15, 0.2) is 0 Å². The van der Waals surface area contributed by atoms with E-state index < -0.39 is 5.60 Å². The Bertz CT molecular complexity index is 934. The van der Waals surface area contributed by atoms with Gasteiger partial charge in [0.05, 0.1) is 12.8 Å². The second kappa shape index (κ2) is 10.2. The summed E-state index contributed by atoms with van der Waals surface area (Å²) < 4.78 is 19.6. The third-order valence-corrected chi connectivity index (χ3v) is 7.32. The number of likely N-dealkylation sites (tertiary alicyclic amines) is 1. The van der Waals surface area contributed by atoms with E-state index in [0.29, 0.717) is 31.5 Å². The molecule has 0 saturated carbocycles. The lowest BCUT2D eigenvalue weighted by Gasteiger charge is -2.46. The molecule has 0 radical (unpaired) electrons. The van der Waals surface area contributed by atoms with Gasteiger partial charge in [-0.1, -0.05) is 26.0 Å². The number of pyridine rings is 1. The summed E-state index contributed by atoms with van der Waals surface area (Å²) in [6.45, 7) is 6.88. The molecule has 2 aliphatic rings. The molecule has 2 atom stereocenters. The standard InChI is InChI=1S/C26H34FN3O3/c1-18(2)26(25(32)29-15-19-13-24(31)16-28-14-19)10-7-23(17-33-26)30-11-8-21(9-12-30)20-3-5-22(27)6-4-20/h3-6,13-14,16,18,21,23,31H,7-12,15,17H2,1-2H3,(H,29,32). The van der Waals surface area contributed by atoms with Crippen molar-refractivity contribution in [1.82, 2.24) is 15.2 Å². The highest BCUT2D eigenvalue weighted by molar-refractivity contribution is 5.85. The number of aromatic nitrogens is 1. The molecule has 0 spiro atoms. The molecule has 1 aromatic carbocycles. The van der Waals surface area contributed by atoms with Gasteiger partial charge in [0.1, 0.15) is 17.2 Å². The molecule has 1 aromatic heterocycles. The van der Waals surface area contributed by atoms with E-state index in [-0.39, 0.29) is 23.4 Å². The number of halogens is 1. The Kier molecular flexibility index (Phi) is 7.29. The number of aromatic hydroxyl groups is 1. The minimum absolute atomic E-state index is 0.0463. The van der Waals surface area contributed by atoms with Crippen LogP contribution >= 0.6 is 0 Å². The van der Waals surface area contributed by atoms with Gasteiger partial charge < -0.3 is 15.2 Å². The summed E-state index contributed by atoms with van der Waals surface area (Å²) in [7, 11) is 0. The van der Waals surface area contributed by atoms with Gasteiger partial charge in [-0.2, -0.15) is 0 Å². The molecular weight excluding hydrogens is 421 g/mol. The molecule has 3 heterocycles. The van der Waals surface area contributed by atoms with Crippen molar-refractivity contribution < 1.29 is 19.0 Å². The molecule has 0 aliphatic carbocycles. The van der Waals surface area contributed by atoms with Crippen molar-refractivity contribution in [2.75, 3.05) is 19.7 Å². The highest BCUT2D eigenvalue weighted by atomic mass is 19.1. The monoisotopic (exact) mass is 455 g/mol. The third kappa shape index (κ3) is 5.36. The number of rotatable bonds is 6. The number of nitrogens with zero attached hydrogens (tertiary/aromatic N) is 2. The first-order valence-electron chi connectivity index (χ1n) is 11.9. The third-order valence-electron chi connectivity index (χ3n) is 7.32. The fourth-order valence-corrected chi connectivity index (χ4v) is 5.20. The van der Waals surface area contributed by atoms with Gasteiger partial charge in [0, 0.05) is 18.8 Å². The van der Waals surface area contributed by atoms with E-state index in [1.165, 1.54) is 11.8 Å². The molecule has 33 heavy (non-hydrogen) atoms. The average Bonchev–Trinajstić information content (AvgIpc) is 2.83. The zero-order valence-corrected chi connectivity index (χ0v) is 19.5. The molecule has 2 unspecified atom stereocenters. The van der Waals surface area contributed by atoms with E-state index in [9.17, 15) is 14.3 Å². The molecule has 7 heteroatoms. The van der Waals surface area contributed by atoms with Crippen LogP contribution in [0, 0.1) is 11.7 Å². The van der Waals surface area contributed by atoms with Crippen molar-refractivity contribution in [2.24, 2.45) is 5.92 Å². The molecule has 2 N–H and O–H groups in total. The number of hydrogen-bond acceptors (Lipinski definition) is 5. The molecule has 178 valence electrons. The van der Waals surface area contributed by atoms with E-state index in [1.807, 2.05) is 26.0 Å². The second-order valence-corrected chi connectivity index (χ2v) is 9.64. The minimum Gasteiger partial charge on any atom is -0.506 e. The molecule has 2 saturated heterocycles. The summed E-state index contributed by atoms with van der Waals surface area (Å²) >= 11 is 0. The normalized spacial score (nSPS) is 24.7. The fraction of sp³-hybridized carbons (Fsp3) is 0.538. The van der Waals surface area contributed by atoms with Gasteiger partial charge in [-0.05, 0) is 79.9 Å². The van der Waals surface area contributed by atoms with Crippen LogP contribution in [0.3, 0.4) is 0 Å². The van der Waals surface area contributed by atoms with E-state index in [0.717, 1.165) is 37.9 Å². The van der Waals surface area contributed by atoms with Crippen LogP contribution in [-0.4, -0.2) is 52.2 Å². The van der Waals surface area contributed by atoms with Crippen molar-refractivity contribution in [3.05, 3.63) is 59.7 Å². The van der Waals surface area contributed by atoms with Crippen molar-refractivity contribution in [2.45, 2.75) is 63.6 Å². The molecular formula is C26H34FN3O3. The topological polar surface area (TPSA) is 74.7 Å². The summed E-state index contributed by atoms with van der Waals surface area (Å²) in [6.07, 6.45) is 6.70. The zero-order chi connectivity index (χ0) is 23.4. The first kappa shape index (κ1) is 23.6. The maximum Gasteiger partial charge on any atom is 0.252 e. The van der Waals surface area contributed by atoms with E-state index in [2.05, 4.69) is 15.2 Å². The molecule has 2 aliphatic heterocycles. The SMILES string of the molecule is CC(C)C1(C(=O)NCc2cncc(O)c2)CCC(N2CCC(c3ccc(F)cc3)CC2)CO1. The summed E-state index contributed by atoms with van der Waals surface area (Å²) in [6, 6.07) is 8.81. The Hall–Kier alpha value is -2.51. The lowest BCUT2D eigenvalue weighted by atomic mass is 9.80. The predicted molar refractivity (Wildman–Crippen MR) is 124 cm³/mol. The maximum atomic E-state index is 13.2. The zero-order valence-electron chi connectivity index (χ0n) is 19.5. The van der Waals surface area contributed by atoms with Crippen molar-refractivity contribution in [1.29, 1.82) is 0 Å². The number of benzene rings is 1. The number of nitrogens with one attached hydrogen (secondary N) is 1. The number of hydrogen-bond donors (Lipinski definition) is 2. The Labute approximate surface area is 195 Å². The van der Waals surface area contributed by atoms with Crippen LogP contribution in [0.4, 0.5) is 4.39 Å². The second-order valence-electron chi connectivity index (χ2n) is 9.64. The molecule has 1 amide bonds. The van der Waals surface area contributed by atoms with Crippen LogP contribution in [0.2, 0.25) is 0 Å². The maximum absolute atomic E-state index is 13.2. The van der Waals surface area contributed by atoms with Gasteiger partial charge in [-0.25, -0.2) is 4.39 Å². The summed E-state index contributed by atoms with van der Waals surface area (Å²) in [4.78, 5) is 19.6. The Morgan fingerprint density at radius 3 is 2.58 bits per heavy atom. The van der Waals surface area contributed by atoms with Gasteiger partial charge in [0.2, 0.25) is 0 Å². The number of ether oxygens (including phenoxy) is 1. The summed E-state index contributed by atoms with van der Waals surface area (Å²) in [5.74, 6) is 0.310. The average molecular weight is 456 g/mol. The number of amides is 1. The Balaban J connectivity index is 1.31. The van der Waals surface area contributed by atoms with Gasteiger partial charge in [0.25, 0.3) is 5.91 Å². The molecule has 0 bridgehead atoms. The van der Waals surface area contributed by atoms with Crippen molar-refractivity contribution in [3.8, 4) is 5.75 Å². The van der Waals surface area contributed by atoms with E-state index in [4.69, 9.17) is 4.74 Å². The van der Waals surface area contributed by atoms with Gasteiger partial charge >= 0.3 is 0 Å². The number of carbonyl (C=O) groups excluding carboxylic acids is 1. The van der Waals surface area contributed by atoms with Crippen molar-refractivity contribution in [3.63, 3.8) is 0 Å². The summed E-state index contributed by atoms with van der Waals surface area (Å²) in [5.41, 5.74) is 1.13. The quantitative estimate of drug-likeness (QED) is 0.689. The Morgan fingerprint density at radius 1 is 1.24 bits per heavy atom. The number of piperidine rings is 1. The lowest BCUT2D eigenvalue weighted by Crippen LogP contribution is -2.58. The first-order valence-corrected chi connectivity index (χ1v) is 11.9. The van der Waals surface area contributed by atoms with Crippen LogP contribution in [0.15, 0.2) is 42.7 Å². The predicted octanol–water partition coefficient (Wildman–Crippen LogP) is 4.00. The van der Waals surface area contributed by atoms with Crippen molar-refractivity contribution >= 4 is 5.91 Å². The molecule has 2 fully saturated rings. The molecule has 6 nitrogen and oxygen atoms in total.